The van der Waals surface area contributed by atoms with Gasteiger partial charge in [-0.3, -0.25) is 4.79 Å². The number of aldehydes is 1. The molecule has 0 saturated carbocycles. The number of pyridine rings is 2. The van der Waals surface area contributed by atoms with E-state index in [-0.39, 0.29) is 11.3 Å². The van der Waals surface area contributed by atoms with Gasteiger partial charge in [-0.1, -0.05) is 18.1 Å². The first-order valence-electron chi connectivity index (χ1n) is 8.44. The molecule has 1 aromatic carbocycles. The first-order valence-corrected chi connectivity index (χ1v) is 8.44. The Balaban J connectivity index is 1.72. The summed E-state index contributed by atoms with van der Waals surface area (Å²) in [6.07, 6.45) is 3.36. The summed E-state index contributed by atoms with van der Waals surface area (Å²) in [6, 6.07) is 10.3. The van der Waals surface area contributed by atoms with Gasteiger partial charge in [0.25, 0.3) is 0 Å². The highest BCUT2D eigenvalue weighted by Gasteiger charge is 2.09. The molecule has 0 aliphatic carbocycles. The maximum Gasteiger partial charge on any atom is 0.323 e. The first kappa shape index (κ1) is 19.7. The standard InChI is InChI=1S/C21H15FN4O3/c22-20-10-19(16(13-28)11-24-20)26-21(29)25-18-6-7-23-17(9-18)5-4-14-2-1-3-15(8-14)12-27/h1-3,6-12,28H,13H2,(H2,23,24,25,26,29). The minimum absolute atomic E-state index is 0.113. The molecule has 144 valence electrons. The van der Waals surface area contributed by atoms with Gasteiger partial charge in [0.1, 0.15) is 12.0 Å². The maximum absolute atomic E-state index is 13.3. The van der Waals surface area contributed by atoms with Gasteiger partial charge in [-0.05, 0) is 30.2 Å². The fraction of sp³-hybridized carbons (Fsp3) is 0.0476. The minimum atomic E-state index is -0.780. The molecule has 0 bridgehead atoms. The molecule has 7 nitrogen and oxygen atoms in total. The smallest absolute Gasteiger partial charge is 0.323 e. The molecule has 0 fully saturated rings. The number of halogens is 1. The Morgan fingerprint density at radius 2 is 2.00 bits per heavy atom. The monoisotopic (exact) mass is 390 g/mol. The Morgan fingerprint density at radius 3 is 2.79 bits per heavy atom. The number of anilines is 2. The zero-order valence-corrected chi connectivity index (χ0v) is 15.0. The number of benzene rings is 1. The molecule has 0 radical (unpaired) electrons. The third-order valence-corrected chi connectivity index (χ3v) is 3.75. The number of aliphatic hydroxyl groups is 1. The number of rotatable bonds is 4. The number of urea groups is 1. The van der Waals surface area contributed by atoms with Crippen LogP contribution in [0.5, 0.6) is 0 Å². The summed E-state index contributed by atoms with van der Waals surface area (Å²) >= 11 is 0. The Kier molecular flexibility index (Phi) is 6.25. The second-order valence-electron chi connectivity index (χ2n) is 5.82. The highest BCUT2D eigenvalue weighted by molar-refractivity contribution is 6.00. The second kappa shape index (κ2) is 9.21. The van der Waals surface area contributed by atoms with Gasteiger partial charge >= 0.3 is 6.03 Å². The molecule has 0 saturated heterocycles. The molecular weight excluding hydrogens is 375 g/mol. The van der Waals surface area contributed by atoms with E-state index in [0.717, 1.165) is 18.5 Å². The van der Waals surface area contributed by atoms with Gasteiger partial charge in [0.2, 0.25) is 5.95 Å². The number of aromatic nitrogens is 2. The maximum atomic E-state index is 13.3. The predicted molar refractivity (Wildman–Crippen MR) is 105 cm³/mol. The van der Waals surface area contributed by atoms with Gasteiger partial charge in [0, 0.05) is 40.8 Å². The molecule has 29 heavy (non-hydrogen) atoms. The molecule has 2 amide bonds. The number of nitrogens with zero attached hydrogens (tertiary/aromatic N) is 2. The Labute approximate surface area is 165 Å². The third-order valence-electron chi connectivity index (χ3n) is 3.75. The Bertz CT molecular complexity index is 1120. The third kappa shape index (κ3) is 5.45. The lowest BCUT2D eigenvalue weighted by atomic mass is 10.1. The van der Waals surface area contributed by atoms with E-state index < -0.39 is 18.6 Å². The number of nitrogens with one attached hydrogen (secondary N) is 2. The molecule has 0 aliphatic heterocycles. The van der Waals surface area contributed by atoms with Crippen LogP contribution < -0.4 is 10.6 Å². The van der Waals surface area contributed by atoms with Gasteiger partial charge in [-0.25, -0.2) is 14.8 Å². The first-order chi connectivity index (χ1) is 14.1. The van der Waals surface area contributed by atoms with Crippen molar-refractivity contribution in [2.45, 2.75) is 6.61 Å². The van der Waals surface area contributed by atoms with E-state index in [1.165, 1.54) is 6.20 Å². The van der Waals surface area contributed by atoms with Crippen LogP contribution in [-0.2, 0) is 6.61 Å². The fourth-order valence-electron chi connectivity index (χ4n) is 2.39. The molecule has 3 aromatic rings. The largest absolute Gasteiger partial charge is 0.392 e. The quantitative estimate of drug-likeness (QED) is 0.361. The van der Waals surface area contributed by atoms with Crippen molar-refractivity contribution in [2.75, 3.05) is 10.6 Å². The van der Waals surface area contributed by atoms with Crippen LogP contribution in [0, 0.1) is 17.8 Å². The average Bonchev–Trinajstić information content (AvgIpc) is 2.73. The number of aliphatic hydroxyl groups excluding tert-OH is 1. The number of carbonyl (C=O) groups is 2. The van der Waals surface area contributed by atoms with Crippen molar-refractivity contribution >= 4 is 23.7 Å². The lowest BCUT2D eigenvalue weighted by molar-refractivity contribution is 0.112. The van der Waals surface area contributed by atoms with Crippen molar-refractivity contribution in [3.05, 3.63) is 83.2 Å². The van der Waals surface area contributed by atoms with Gasteiger partial charge < -0.3 is 15.7 Å². The summed E-state index contributed by atoms with van der Waals surface area (Å²) < 4.78 is 13.3. The molecular formula is C21H15FN4O3. The van der Waals surface area contributed by atoms with Crippen LogP contribution in [0.1, 0.15) is 27.2 Å². The van der Waals surface area contributed by atoms with Crippen LogP contribution in [0.4, 0.5) is 20.6 Å². The fourth-order valence-corrected chi connectivity index (χ4v) is 2.39. The summed E-state index contributed by atoms with van der Waals surface area (Å²) in [7, 11) is 0. The molecule has 0 spiro atoms. The summed E-state index contributed by atoms with van der Waals surface area (Å²) in [5.74, 6) is 4.98. The topological polar surface area (TPSA) is 104 Å². The summed E-state index contributed by atoms with van der Waals surface area (Å²) in [5, 5.41) is 14.3. The van der Waals surface area contributed by atoms with E-state index in [2.05, 4.69) is 32.4 Å². The van der Waals surface area contributed by atoms with Gasteiger partial charge in [0.15, 0.2) is 0 Å². The van der Waals surface area contributed by atoms with E-state index in [1.807, 2.05) is 0 Å². The van der Waals surface area contributed by atoms with E-state index in [0.29, 0.717) is 22.5 Å². The van der Waals surface area contributed by atoms with Gasteiger partial charge in [0.05, 0.1) is 12.3 Å². The normalized spacial score (nSPS) is 9.86. The van der Waals surface area contributed by atoms with Crippen molar-refractivity contribution in [3.63, 3.8) is 0 Å². The molecule has 2 heterocycles. The van der Waals surface area contributed by atoms with Crippen molar-refractivity contribution in [3.8, 4) is 11.8 Å². The van der Waals surface area contributed by atoms with Crippen LogP contribution in [0.15, 0.2) is 54.9 Å². The highest BCUT2D eigenvalue weighted by Crippen LogP contribution is 2.16. The molecule has 2 aromatic heterocycles. The molecule has 0 atom stereocenters. The number of hydrogen-bond acceptors (Lipinski definition) is 5. The Morgan fingerprint density at radius 1 is 1.14 bits per heavy atom. The summed E-state index contributed by atoms with van der Waals surface area (Å²) in [5.41, 5.74) is 2.39. The number of hydrogen-bond donors (Lipinski definition) is 3. The minimum Gasteiger partial charge on any atom is -0.392 e. The van der Waals surface area contributed by atoms with Crippen molar-refractivity contribution in [2.24, 2.45) is 0 Å². The lowest BCUT2D eigenvalue weighted by Gasteiger charge is -2.10. The molecule has 0 aliphatic rings. The Hall–Kier alpha value is -4.09. The summed E-state index contributed by atoms with van der Waals surface area (Å²) in [4.78, 5) is 30.6. The van der Waals surface area contributed by atoms with Crippen molar-refractivity contribution in [1.29, 1.82) is 0 Å². The zero-order valence-electron chi connectivity index (χ0n) is 15.0. The van der Waals surface area contributed by atoms with Crippen LogP contribution in [0.2, 0.25) is 0 Å². The van der Waals surface area contributed by atoms with Crippen LogP contribution in [0.25, 0.3) is 0 Å². The molecule has 3 N–H and O–H groups in total. The van der Waals surface area contributed by atoms with E-state index in [1.54, 1.807) is 36.4 Å². The molecule has 8 heteroatoms. The predicted octanol–water partition coefficient (Wildman–Crippen LogP) is 2.96. The SMILES string of the molecule is O=Cc1cccc(C#Cc2cc(NC(=O)Nc3cc(F)ncc3CO)ccn2)c1. The lowest BCUT2D eigenvalue weighted by Crippen LogP contribution is -2.20. The number of carbonyl (C=O) groups excluding carboxylic acids is 2. The molecule has 3 rings (SSSR count). The highest BCUT2D eigenvalue weighted by atomic mass is 19.1. The van der Waals surface area contributed by atoms with E-state index >= 15 is 0 Å². The van der Waals surface area contributed by atoms with Crippen molar-refractivity contribution < 1.29 is 19.1 Å². The second-order valence-corrected chi connectivity index (χ2v) is 5.82. The van der Waals surface area contributed by atoms with Crippen LogP contribution in [-0.4, -0.2) is 27.4 Å². The van der Waals surface area contributed by atoms with Gasteiger partial charge in [-0.2, -0.15) is 4.39 Å². The van der Waals surface area contributed by atoms with Crippen molar-refractivity contribution in [1.82, 2.24) is 9.97 Å². The van der Waals surface area contributed by atoms with E-state index in [4.69, 9.17) is 0 Å². The average molecular weight is 390 g/mol. The van der Waals surface area contributed by atoms with Crippen LogP contribution >= 0.6 is 0 Å². The summed E-state index contributed by atoms with van der Waals surface area (Å²) in [6.45, 7) is -0.400. The zero-order chi connectivity index (χ0) is 20.6. The van der Waals surface area contributed by atoms with E-state index in [9.17, 15) is 19.1 Å². The number of amides is 2. The molecule has 0 unspecified atom stereocenters. The van der Waals surface area contributed by atoms with Crippen LogP contribution in [0.3, 0.4) is 0 Å². The van der Waals surface area contributed by atoms with Gasteiger partial charge in [-0.15, -0.1) is 0 Å².